The molecule has 0 saturated carbocycles. The summed E-state index contributed by atoms with van der Waals surface area (Å²) in [5, 5.41) is 0. The van der Waals surface area contributed by atoms with Crippen LogP contribution in [0.5, 0.6) is 0 Å². The second-order valence-electron chi connectivity index (χ2n) is 9.74. The smallest absolute Gasteiger partial charge is 0.288 e. The molecule has 0 radical (unpaired) electrons. The molecule has 4 aromatic carbocycles. The third-order valence-corrected chi connectivity index (χ3v) is 7.85. The van der Waals surface area contributed by atoms with Gasteiger partial charge in [0, 0.05) is 26.1 Å². The van der Waals surface area contributed by atoms with Crippen molar-refractivity contribution in [1.29, 1.82) is 0 Å². The topological polar surface area (TPSA) is 126 Å². The van der Waals surface area contributed by atoms with Crippen LogP contribution < -0.4 is 23.2 Å². The number of ketones is 1. The molecule has 45 heavy (non-hydrogen) atoms. The van der Waals surface area contributed by atoms with E-state index in [1.165, 1.54) is 0 Å². The van der Waals surface area contributed by atoms with Crippen LogP contribution in [0.2, 0.25) is 0 Å². The SMILES string of the molecule is O=C(c1ccc(-c2ccc(Br)cc2)cc1)c1ccc(-c2ccc(-c3ccc(Br)cc3)cc2)[n+](-c2ccccn2)c1.[O-][Cl+3]([O-])([O-])[O-]. The van der Waals surface area contributed by atoms with Crippen molar-refractivity contribution in [2.24, 2.45) is 0 Å². The van der Waals surface area contributed by atoms with Gasteiger partial charge < -0.3 is 0 Å². The lowest BCUT2D eigenvalue weighted by Gasteiger charge is -2.17. The first-order valence-corrected chi connectivity index (χ1v) is 16.2. The highest BCUT2D eigenvalue weighted by Gasteiger charge is 2.19. The molecular formula is C35H23Br2ClN2O5. The van der Waals surface area contributed by atoms with E-state index in [-0.39, 0.29) is 5.78 Å². The molecule has 0 N–H and O–H groups in total. The van der Waals surface area contributed by atoms with Gasteiger partial charge in [0.1, 0.15) is 18.1 Å². The van der Waals surface area contributed by atoms with E-state index in [9.17, 15) is 4.79 Å². The van der Waals surface area contributed by atoms with E-state index in [4.69, 9.17) is 18.6 Å². The molecule has 0 amide bonds. The molecule has 6 rings (SSSR count). The van der Waals surface area contributed by atoms with Crippen molar-refractivity contribution < 1.29 is 38.2 Å². The predicted octanol–water partition coefficient (Wildman–Crippen LogP) is 4.36. The van der Waals surface area contributed by atoms with Crippen molar-refractivity contribution >= 4 is 37.6 Å². The molecule has 0 aliphatic carbocycles. The zero-order valence-corrected chi connectivity index (χ0v) is 27.3. The Kier molecular flexibility index (Phi) is 10.3. The second-order valence-corrected chi connectivity index (χ2v) is 12.3. The van der Waals surface area contributed by atoms with Crippen molar-refractivity contribution in [2.75, 3.05) is 0 Å². The fourth-order valence-corrected chi connectivity index (χ4v) is 5.18. The van der Waals surface area contributed by atoms with Gasteiger partial charge in [-0.05, 0) is 69.7 Å². The molecule has 7 nitrogen and oxygen atoms in total. The van der Waals surface area contributed by atoms with Gasteiger partial charge in [0.15, 0.2) is 5.78 Å². The molecular weight excluding hydrogens is 724 g/mol. The quantitative estimate of drug-likeness (QED) is 0.184. The fraction of sp³-hybridized carbons (Fsp3) is 0. The lowest BCUT2D eigenvalue weighted by molar-refractivity contribution is -2.00. The van der Waals surface area contributed by atoms with Crippen molar-refractivity contribution in [3.63, 3.8) is 0 Å². The van der Waals surface area contributed by atoms with Gasteiger partial charge in [-0.1, -0.05) is 111 Å². The summed E-state index contributed by atoms with van der Waals surface area (Å²) in [5.74, 6) is 0.707. The Bertz CT molecular complexity index is 1890. The van der Waals surface area contributed by atoms with E-state index in [2.05, 4.69) is 85.4 Å². The van der Waals surface area contributed by atoms with Crippen LogP contribution in [-0.2, 0) is 0 Å². The number of hydrogen-bond donors (Lipinski definition) is 0. The Balaban J connectivity index is 0.000000743. The summed E-state index contributed by atoms with van der Waals surface area (Å²) in [6.07, 6.45) is 3.64. The predicted molar refractivity (Wildman–Crippen MR) is 167 cm³/mol. The Hall–Kier alpha value is -4.06. The minimum atomic E-state index is -4.94. The normalized spacial score (nSPS) is 11.0. The number of halogens is 3. The summed E-state index contributed by atoms with van der Waals surface area (Å²) in [6, 6.07) is 42.3. The van der Waals surface area contributed by atoms with Crippen molar-refractivity contribution in [3.8, 4) is 39.3 Å². The van der Waals surface area contributed by atoms with Crippen molar-refractivity contribution in [2.45, 2.75) is 0 Å². The van der Waals surface area contributed by atoms with E-state index >= 15 is 0 Å². The second kappa shape index (κ2) is 14.4. The third-order valence-electron chi connectivity index (χ3n) is 6.79. The maximum Gasteiger partial charge on any atom is 0.327 e. The fourth-order valence-electron chi connectivity index (χ4n) is 4.65. The number of pyridine rings is 2. The lowest BCUT2D eigenvalue weighted by Crippen LogP contribution is -2.68. The van der Waals surface area contributed by atoms with Crippen LogP contribution in [-0.4, -0.2) is 10.8 Å². The first-order valence-electron chi connectivity index (χ1n) is 13.4. The number of aromatic nitrogens is 2. The molecule has 0 saturated heterocycles. The van der Waals surface area contributed by atoms with Gasteiger partial charge in [0.2, 0.25) is 0 Å². The standard InChI is InChI=1S/C35H23Br2N2O.ClHO4/c36-31-17-12-26(13-18-31)24-4-8-28(9-5-24)33-21-16-30(23-39(33)34-3-1-2-22-38-34)35(40)29-10-6-25(7-11-29)27-14-19-32(37)20-15-27;2-1(3,4)5/h1-23H;(H,2,3,4,5)/q+1;/p-1. The molecule has 224 valence electrons. The maximum atomic E-state index is 13.6. The van der Waals surface area contributed by atoms with E-state index in [0.717, 1.165) is 48.3 Å². The van der Waals surface area contributed by atoms with E-state index in [1.807, 2.05) is 89.6 Å². The van der Waals surface area contributed by atoms with Crippen LogP contribution >= 0.6 is 31.9 Å². The first-order chi connectivity index (χ1) is 21.5. The summed E-state index contributed by atoms with van der Waals surface area (Å²) in [6.45, 7) is 0. The lowest BCUT2D eigenvalue weighted by atomic mass is 9.99. The monoisotopic (exact) mass is 744 g/mol. The summed E-state index contributed by atoms with van der Waals surface area (Å²) in [4.78, 5) is 18.1. The average Bonchev–Trinajstić information content (AvgIpc) is 3.05. The Morgan fingerprint density at radius 3 is 1.44 bits per heavy atom. The Morgan fingerprint density at radius 2 is 0.978 bits per heavy atom. The molecule has 0 spiro atoms. The van der Waals surface area contributed by atoms with Crippen LogP contribution in [0, 0.1) is 10.2 Å². The average molecular weight is 747 g/mol. The van der Waals surface area contributed by atoms with Gasteiger partial charge in [-0.3, -0.25) is 4.79 Å². The molecule has 0 fully saturated rings. The van der Waals surface area contributed by atoms with Gasteiger partial charge in [-0.15, -0.1) is 10.2 Å². The third kappa shape index (κ3) is 8.78. The molecule has 2 aromatic heterocycles. The molecule has 0 aliphatic rings. The summed E-state index contributed by atoms with van der Waals surface area (Å²) < 4.78 is 38.0. The summed E-state index contributed by atoms with van der Waals surface area (Å²) in [7, 11) is -4.94. The minimum Gasteiger partial charge on any atom is -0.288 e. The van der Waals surface area contributed by atoms with Gasteiger partial charge in [-0.25, -0.2) is 18.6 Å². The zero-order valence-electron chi connectivity index (χ0n) is 23.3. The highest BCUT2D eigenvalue weighted by Crippen LogP contribution is 2.26. The molecule has 0 bridgehead atoms. The molecule has 0 aliphatic heterocycles. The molecule has 10 heteroatoms. The number of carbonyl (C=O) groups excluding carboxylic acids is 1. The van der Waals surface area contributed by atoms with Gasteiger partial charge in [0.25, 0.3) is 0 Å². The zero-order chi connectivity index (χ0) is 32.0. The van der Waals surface area contributed by atoms with E-state index in [1.54, 1.807) is 6.20 Å². The Morgan fingerprint density at radius 1 is 0.556 bits per heavy atom. The Labute approximate surface area is 278 Å². The summed E-state index contributed by atoms with van der Waals surface area (Å²) in [5.41, 5.74) is 7.67. The van der Waals surface area contributed by atoms with Crippen LogP contribution in [0.3, 0.4) is 0 Å². The number of rotatable bonds is 6. The number of hydrogen-bond acceptors (Lipinski definition) is 6. The number of nitrogens with zero attached hydrogens (tertiary/aromatic N) is 2. The minimum absolute atomic E-state index is 0.0378. The number of benzene rings is 4. The largest absolute Gasteiger partial charge is 0.327 e. The van der Waals surface area contributed by atoms with E-state index < -0.39 is 10.2 Å². The number of carbonyl (C=O) groups is 1. The van der Waals surface area contributed by atoms with Crippen LogP contribution in [0.4, 0.5) is 0 Å². The highest BCUT2D eigenvalue weighted by atomic mass is 79.9. The van der Waals surface area contributed by atoms with Crippen LogP contribution in [0.15, 0.2) is 149 Å². The molecule has 0 atom stereocenters. The van der Waals surface area contributed by atoms with Gasteiger partial charge >= 0.3 is 5.82 Å². The van der Waals surface area contributed by atoms with Crippen LogP contribution in [0.1, 0.15) is 15.9 Å². The summed E-state index contributed by atoms with van der Waals surface area (Å²) >= 11 is 6.98. The molecule has 6 aromatic rings. The molecule has 2 heterocycles. The van der Waals surface area contributed by atoms with Gasteiger partial charge in [0.05, 0.1) is 5.56 Å². The van der Waals surface area contributed by atoms with Crippen molar-refractivity contribution in [3.05, 3.63) is 160 Å². The first kappa shape index (κ1) is 32.3. The maximum absolute atomic E-state index is 13.6. The van der Waals surface area contributed by atoms with Crippen molar-refractivity contribution in [1.82, 2.24) is 4.98 Å². The molecule has 0 unspecified atom stereocenters. The highest BCUT2D eigenvalue weighted by molar-refractivity contribution is 9.10. The van der Waals surface area contributed by atoms with Gasteiger partial charge in [-0.2, -0.15) is 4.57 Å². The van der Waals surface area contributed by atoms with Crippen LogP contribution in [0.25, 0.3) is 39.3 Å². The van der Waals surface area contributed by atoms with E-state index in [0.29, 0.717) is 11.1 Å².